The van der Waals surface area contributed by atoms with Crippen LogP contribution in [0.5, 0.6) is 46.0 Å². The molecule has 4 aromatic carbocycles. The van der Waals surface area contributed by atoms with Crippen molar-refractivity contribution in [1.29, 1.82) is 0 Å². The van der Waals surface area contributed by atoms with Gasteiger partial charge < -0.3 is 44.9 Å². The Balaban J connectivity index is 1.61. The smallest absolute Gasteiger partial charge is 0.238 e. The van der Waals surface area contributed by atoms with Gasteiger partial charge in [-0.3, -0.25) is 4.79 Å². The third-order valence-electron chi connectivity index (χ3n) is 6.75. The number of aromatic hydroxyl groups is 7. The third kappa shape index (κ3) is 3.77. The monoisotopic (exact) mass is 528 g/mol. The molecule has 6 rings (SSSR count). The fourth-order valence-corrected chi connectivity index (χ4v) is 4.99. The van der Waals surface area contributed by atoms with Crippen molar-refractivity contribution >= 4 is 11.0 Å². The molecule has 1 aliphatic heterocycles. The molecule has 0 aliphatic carbocycles. The number of hydrogen-bond donors (Lipinski definition) is 7. The Hall–Kier alpha value is -5.51. The first-order valence-corrected chi connectivity index (χ1v) is 11.7. The van der Waals surface area contributed by atoms with Crippen LogP contribution < -0.4 is 10.2 Å². The van der Waals surface area contributed by atoms with Crippen LogP contribution in [0.25, 0.3) is 22.3 Å². The van der Waals surface area contributed by atoms with Crippen LogP contribution in [0.1, 0.15) is 28.7 Å². The van der Waals surface area contributed by atoms with E-state index in [-0.39, 0.29) is 50.9 Å². The molecule has 196 valence electrons. The fourth-order valence-electron chi connectivity index (χ4n) is 4.99. The number of phenols is 6. The van der Waals surface area contributed by atoms with Gasteiger partial charge in [0.2, 0.25) is 11.2 Å². The van der Waals surface area contributed by atoms with Crippen LogP contribution in [-0.2, 0) is 0 Å². The Morgan fingerprint density at radius 1 is 0.641 bits per heavy atom. The molecule has 10 nitrogen and oxygen atoms in total. The number of fused-ring (bicyclic) bond motifs is 2. The molecule has 0 saturated carbocycles. The van der Waals surface area contributed by atoms with Gasteiger partial charge in [-0.15, -0.1) is 0 Å². The Labute approximate surface area is 219 Å². The highest BCUT2D eigenvalue weighted by Gasteiger charge is 2.41. The SMILES string of the molecule is O=c1c(O)c(-c2ccc(O)c(O)c2)oc2cc3c(c(O)c12)[C@@H](c1cc(O)cc(O)c1)[C@H](c1ccc(O)cc1)O3. The molecule has 0 fully saturated rings. The largest absolute Gasteiger partial charge is 0.508 e. The molecule has 2 atom stereocenters. The number of phenolic OH excluding ortho intramolecular Hbond substituents is 6. The van der Waals surface area contributed by atoms with Gasteiger partial charge in [-0.25, -0.2) is 0 Å². The molecule has 1 aliphatic rings. The maximum absolute atomic E-state index is 13.3. The molecule has 2 heterocycles. The van der Waals surface area contributed by atoms with Crippen LogP contribution in [0.2, 0.25) is 0 Å². The van der Waals surface area contributed by atoms with E-state index in [9.17, 15) is 40.5 Å². The second-order valence-corrected chi connectivity index (χ2v) is 9.21. The number of rotatable bonds is 3. The third-order valence-corrected chi connectivity index (χ3v) is 6.75. The fraction of sp³-hybridized carbons (Fsp3) is 0.0690. The minimum Gasteiger partial charge on any atom is -0.508 e. The normalized spacial score (nSPS) is 16.2. The van der Waals surface area contributed by atoms with E-state index < -0.39 is 40.4 Å². The molecule has 5 aromatic rings. The topological polar surface area (TPSA) is 181 Å². The van der Waals surface area contributed by atoms with Crippen molar-refractivity contribution in [2.75, 3.05) is 0 Å². The van der Waals surface area contributed by atoms with Gasteiger partial charge in [0.1, 0.15) is 45.8 Å². The van der Waals surface area contributed by atoms with Gasteiger partial charge in [-0.2, -0.15) is 0 Å². The van der Waals surface area contributed by atoms with Crippen molar-refractivity contribution in [2.24, 2.45) is 0 Å². The van der Waals surface area contributed by atoms with E-state index in [2.05, 4.69) is 0 Å². The minimum atomic E-state index is -0.954. The molecule has 0 bridgehead atoms. The van der Waals surface area contributed by atoms with Crippen molar-refractivity contribution in [3.63, 3.8) is 0 Å². The summed E-state index contributed by atoms with van der Waals surface area (Å²) in [5, 5.41) is 71.4. The molecule has 0 spiro atoms. The van der Waals surface area contributed by atoms with Crippen LogP contribution in [0, 0.1) is 0 Å². The van der Waals surface area contributed by atoms with E-state index in [0.29, 0.717) is 11.1 Å². The van der Waals surface area contributed by atoms with Gasteiger partial charge in [0.25, 0.3) is 0 Å². The van der Waals surface area contributed by atoms with E-state index in [1.807, 2.05) is 0 Å². The van der Waals surface area contributed by atoms with Gasteiger partial charge in [-0.1, -0.05) is 12.1 Å². The Morgan fingerprint density at radius 2 is 1.33 bits per heavy atom. The predicted octanol–water partition coefficient (Wildman–Crippen LogP) is 4.66. The van der Waals surface area contributed by atoms with E-state index in [1.165, 1.54) is 36.4 Å². The molecule has 0 saturated heterocycles. The zero-order valence-electron chi connectivity index (χ0n) is 19.9. The summed E-state index contributed by atoms with van der Waals surface area (Å²) in [5.74, 6) is -3.70. The van der Waals surface area contributed by atoms with Crippen LogP contribution in [0.4, 0.5) is 0 Å². The second kappa shape index (κ2) is 8.52. The summed E-state index contributed by atoms with van der Waals surface area (Å²) >= 11 is 0. The number of benzene rings is 4. The zero-order chi connectivity index (χ0) is 27.6. The lowest BCUT2D eigenvalue weighted by molar-refractivity contribution is 0.222. The molecule has 7 N–H and O–H groups in total. The highest BCUT2D eigenvalue weighted by Crippen LogP contribution is 2.55. The summed E-state index contributed by atoms with van der Waals surface area (Å²) in [5.41, 5.74) is 0.127. The average molecular weight is 528 g/mol. The standard InChI is InChI=1S/C29H20O10/c30-15-4-1-12(2-5-15)28-22(14-7-16(31)10-17(32)8-14)23-20(38-28)11-21-24(25(23)35)26(36)27(37)29(39-21)13-3-6-18(33)19(34)9-13/h1-11,22,28,30-35,37H/t22-,28+/m1/s1. The van der Waals surface area contributed by atoms with Gasteiger partial charge in [0, 0.05) is 23.3 Å². The molecular weight excluding hydrogens is 508 g/mol. The number of hydrogen-bond acceptors (Lipinski definition) is 10. The van der Waals surface area contributed by atoms with Gasteiger partial charge >= 0.3 is 0 Å². The molecule has 39 heavy (non-hydrogen) atoms. The molecule has 0 radical (unpaired) electrons. The highest BCUT2D eigenvalue weighted by molar-refractivity contribution is 5.91. The van der Waals surface area contributed by atoms with Crippen LogP contribution >= 0.6 is 0 Å². The Kier molecular flexibility index (Phi) is 5.21. The van der Waals surface area contributed by atoms with Crippen molar-refractivity contribution in [2.45, 2.75) is 12.0 Å². The first-order valence-electron chi connectivity index (χ1n) is 11.7. The molecular formula is C29H20O10. The summed E-state index contributed by atoms with van der Waals surface area (Å²) in [7, 11) is 0. The van der Waals surface area contributed by atoms with Crippen molar-refractivity contribution in [3.8, 4) is 57.3 Å². The predicted molar refractivity (Wildman–Crippen MR) is 138 cm³/mol. The summed E-state index contributed by atoms with van der Waals surface area (Å²) < 4.78 is 12.0. The van der Waals surface area contributed by atoms with E-state index >= 15 is 0 Å². The van der Waals surface area contributed by atoms with Crippen molar-refractivity contribution < 1.29 is 44.9 Å². The van der Waals surface area contributed by atoms with Gasteiger partial charge in [-0.05, 0) is 53.6 Å². The zero-order valence-corrected chi connectivity index (χ0v) is 19.9. The summed E-state index contributed by atoms with van der Waals surface area (Å²) in [6.45, 7) is 0. The first kappa shape index (κ1) is 23.9. The van der Waals surface area contributed by atoms with Crippen LogP contribution in [0.3, 0.4) is 0 Å². The van der Waals surface area contributed by atoms with Crippen LogP contribution in [-0.4, -0.2) is 35.7 Å². The van der Waals surface area contributed by atoms with E-state index in [4.69, 9.17) is 9.15 Å². The lowest BCUT2D eigenvalue weighted by atomic mass is 9.84. The lowest BCUT2D eigenvalue weighted by Gasteiger charge is -2.21. The summed E-state index contributed by atoms with van der Waals surface area (Å²) in [4.78, 5) is 13.3. The van der Waals surface area contributed by atoms with Crippen molar-refractivity contribution in [3.05, 3.63) is 93.6 Å². The lowest BCUT2D eigenvalue weighted by Crippen LogP contribution is -2.11. The maximum Gasteiger partial charge on any atom is 0.238 e. The molecule has 10 heteroatoms. The Morgan fingerprint density at radius 3 is 2.00 bits per heavy atom. The summed E-state index contributed by atoms with van der Waals surface area (Å²) in [6.07, 6.45) is -0.818. The van der Waals surface area contributed by atoms with Crippen LogP contribution in [0.15, 0.2) is 75.9 Å². The summed E-state index contributed by atoms with van der Waals surface area (Å²) in [6, 6.07) is 15.0. The Bertz CT molecular complexity index is 1820. The average Bonchev–Trinajstić information content (AvgIpc) is 3.27. The van der Waals surface area contributed by atoms with Crippen molar-refractivity contribution in [1.82, 2.24) is 0 Å². The number of ether oxygens (including phenoxy) is 1. The second-order valence-electron chi connectivity index (χ2n) is 9.21. The highest BCUT2D eigenvalue weighted by atomic mass is 16.5. The maximum atomic E-state index is 13.3. The van der Waals surface area contributed by atoms with E-state index in [1.54, 1.807) is 12.1 Å². The quantitative estimate of drug-likeness (QED) is 0.163. The van der Waals surface area contributed by atoms with E-state index in [0.717, 1.165) is 18.2 Å². The van der Waals surface area contributed by atoms with Gasteiger partial charge in [0.15, 0.2) is 17.3 Å². The molecule has 0 amide bonds. The first-order chi connectivity index (χ1) is 18.6. The molecule has 0 unspecified atom stereocenters. The molecule has 1 aromatic heterocycles. The van der Waals surface area contributed by atoms with Gasteiger partial charge in [0.05, 0.1) is 5.92 Å². The minimum absolute atomic E-state index is 0.0208.